The summed E-state index contributed by atoms with van der Waals surface area (Å²) in [4.78, 5) is 28.7. The summed E-state index contributed by atoms with van der Waals surface area (Å²) in [5.41, 5.74) is 0.209. The van der Waals surface area contributed by atoms with E-state index < -0.39 is 36.4 Å². The van der Waals surface area contributed by atoms with Gasteiger partial charge in [0.1, 0.15) is 5.60 Å². The van der Waals surface area contributed by atoms with E-state index in [9.17, 15) is 19.1 Å². The van der Waals surface area contributed by atoms with E-state index >= 15 is 0 Å². The topological polar surface area (TPSA) is 112 Å². The molecular weight excluding hydrogens is 337 g/mol. The highest BCUT2D eigenvalue weighted by molar-refractivity contribution is 5.70. The molecule has 5 atom stereocenters. The number of aliphatic hydroxyl groups excluding tert-OH is 1. The Morgan fingerprint density at radius 1 is 1.48 bits per heavy atom. The minimum atomic E-state index is -2.57. The number of alkyl halides is 1. The van der Waals surface area contributed by atoms with Gasteiger partial charge in [0.2, 0.25) is 0 Å². The smallest absolute Gasteiger partial charge is 0.407 e. The van der Waals surface area contributed by atoms with Crippen molar-refractivity contribution in [2.75, 3.05) is 13.1 Å². The number of carbonyl (C=O) groups is 2. The molecule has 3 N–H and O–H groups in total. The van der Waals surface area contributed by atoms with E-state index in [1.807, 2.05) is 0 Å². The Morgan fingerprint density at radius 3 is 2.68 bits per heavy atom. The molecule has 142 valence electrons. The molecule has 1 fully saturated rings. The summed E-state index contributed by atoms with van der Waals surface area (Å²) in [5.74, 6) is -1.77. The lowest BCUT2D eigenvalue weighted by molar-refractivity contribution is -0.300. The maximum Gasteiger partial charge on any atom is 0.407 e. The fraction of sp³-hybridized carbons (Fsp3) is 0.733. The number of hydrogen-bond acceptors (Lipinski definition) is 7. The third-order valence-corrected chi connectivity index (χ3v) is 3.88. The van der Waals surface area contributed by atoms with Gasteiger partial charge < -0.3 is 20.3 Å². The first-order valence-electron chi connectivity index (χ1n) is 7.90. The van der Waals surface area contributed by atoms with Crippen LogP contribution >= 0.6 is 0 Å². The molecule has 2 heterocycles. The molecule has 2 unspecified atom stereocenters. The molecule has 2 aliphatic rings. The van der Waals surface area contributed by atoms with Gasteiger partial charge in [-0.25, -0.2) is 18.8 Å². The molecule has 1 amide bonds. The highest BCUT2D eigenvalue weighted by Crippen LogP contribution is 2.31. The van der Waals surface area contributed by atoms with Crippen LogP contribution in [0.5, 0.6) is 0 Å². The van der Waals surface area contributed by atoms with Crippen LogP contribution in [-0.4, -0.2) is 75.7 Å². The predicted molar refractivity (Wildman–Crippen MR) is 83.7 cm³/mol. The average molecular weight is 361 g/mol. The van der Waals surface area contributed by atoms with Crippen LogP contribution in [0.15, 0.2) is 11.6 Å². The molecule has 2 aliphatic heterocycles. The van der Waals surface area contributed by atoms with E-state index in [4.69, 9.17) is 14.7 Å². The van der Waals surface area contributed by atoms with Crippen molar-refractivity contribution >= 4 is 12.1 Å². The van der Waals surface area contributed by atoms with Crippen LogP contribution in [0.25, 0.3) is 0 Å². The minimum absolute atomic E-state index is 0.173. The van der Waals surface area contributed by atoms with Crippen molar-refractivity contribution in [1.29, 1.82) is 0 Å². The van der Waals surface area contributed by atoms with E-state index in [-0.39, 0.29) is 12.6 Å². The molecule has 25 heavy (non-hydrogen) atoms. The third kappa shape index (κ3) is 4.66. The van der Waals surface area contributed by atoms with Gasteiger partial charge in [-0.1, -0.05) is 11.6 Å². The van der Waals surface area contributed by atoms with Gasteiger partial charge in [0.15, 0.2) is 6.35 Å². The maximum absolute atomic E-state index is 13.3. The first-order chi connectivity index (χ1) is 11.5. The van der Waals surface area contributed by atoms with Gasteiger partial charge in [-0.05, 0) is 27.7 Å². The van der Waals surface area contributed by atoms with Crippen LogP contribution in [0.3, 0.4) is 0 Å². The van der Waals surface area contributed by atoms with Crippen LogP contribution in [0.4, 0.5) is 9.18 Å². The maximum atomic E-state index is 13.3. The molecule has 10 heteroatoms. The van der Waals surface area contributed by atoms with Crippen LogP contribution in [0.1, 0.15) is 27.7 Å². The number of fused-ring (bicyclic) bond motifs is 2. The fourth-order valence-corrected chi connectivity index (χ4v) is 2.86. The van der Waals surface area contributed by atoms with Crippen LogP contribution in [-0.2, 0) is 14.4 Å². The molecule has 0 aromatic carbocycles. The normalized spacial score (nSPS) is 30.6. The van der Waals surface area contributed by atoms with E-state index in [1.165, 1.54) is 0 Å². The number of hydroxylamine groups is 2. The summed E-state index contributed by atoms with van der Waals surface area (Å²) in [6.45, 7) is 7.54. The molecular formula is C15H24FN3O6. The molecule has 0 radical (unpaired) electrons. The second-order valence-electron chi connectivity index (χ2n) is 7.04. The first kappa shape index (κ1) is 19.6. The van der Waals surface area contributed by atoms with Crippen molar-refractivity contribution in [3.63, 3.8) is 0 Å². The predicted octanol–water partition coefficient (Wildman–Crippen LogP) is 0.413. The minimum Gasteiger partial charge on any atom is -0.477 e. The van der Waals surface area contributed by atoms with Crippen molar-refractivity contribution in [3.8, 4) is 0 Å². The summed E-state index contributed by atoms with van der Waals surface area (Å²) >= 11 is 0. The molecule has 0 saturated carbocycles. The van der Waals surface area contributed by atoms with E-state index in [0.717, 1.165) is 10.6 Å². The second kappa shape index (κ2) is 7.24. The van der Waals surface area contributed by atoms with Crippen molar-refractivity contribution in [2.24, 2.45) is 0 Å². The Labute approximate surface area is 144 Å². The SMILES string of the molecule is CC1=C[C@H]2CN(C(O)N2O[C@@H](F)C(=O)O)[C@@H]1CNC(=O)OC(C)(C)C. The number of hydrogen-bond donors (Lipinski definition) is 3. The summed E-state index contributed by atoms with van der Waals surface area (Å²) in [6, 6.07) is -0.833. The molecule has 1 saturated heterocycles. The quantitative estimate of drug-likeness (QED) is 0.604. The molecule has 0 spiro atoms. The van der Waals surface area contributed by atoms with Crippen molar-refractivity contribution in [1.82, 2.24) is 15.3 Å². The lowest BCUT2D eigenvalue weighted by atomic mass is 10.0. The zero-order chi connectivity index (χ0) is 18.9. The van der Waals surface area contributed by atoms with Crippen LogP contribution in [0.2, 0.25) is 0 Å². The second-order valence-corrected chi connectivity index (χ2v) is 7.04. The van der Waals surface area contributed by atoms with Gasteiger partial charge in [0.05, 0.1) is 12.1 Å². The number of aliphatic carboxylic acids is 1. The van der Waals surface area contributed by atoms with Crippen molar-refractivity contribution < 1.29 is 33.8 Å². The van der Waals surface area contributed by atoms with Crippen LogP contribution < -0.4 is 5.32 Å². The Bertz CT molecular complexity index is 564. The summed E-state index contributed by atoms with van der Waals surface area (Å²) in [5, 5.41) is 22.5. The average Bonchev–Trinajstić information content (AvgIpc) is 2.70. The molecule has 0 aliphatic carbocycles. The number of halogens is 1. The summed E-state index contributed by atoms with van der Waals surface area (Å²) in [6.07, 6.45) is -2.73. The number of nitrogens with one attached hydrogen (secondary N) is 1. The monoisotopic (exact) mass is 361 g/mol. The van der Waals surface area contributed by atoms with Gasteiger partial charge in [-0.2, -0.15) is 0 Å². The van der Waals surface area contributed by atoms with Gasteiger partial charge >= 0.3 is 18.4 Å². The summed E-state index contributed by atoms with van der Waals surface area (Å²) in [7, 11) is 0. The number of amides is 1. The number of nitrogens with zero attached hydrogens (tertiary/aromatic N) is 2. The number of aliphatic hydroxyl groups is 1. The Kier molecular flexibility index (Phi) is 5.67. The first-order valence-corrected chi connectivity index (χ1v) is 7.90. The number of carbonyl (C=O) groups excluding carboxylic acids is 1. The number of alkyl carbamates (subject to hydrolysis) is 1. The lowest BCUT2D eigenvalue weighted by Gasteiger charge is -2.32. The van der Waals surface area contributed by atoms with Crippen molar-refractivity contribution in [3.05, 3.63) is 11.6 Å². The Hall–Kier alpha value is -1.75. The molecule has 9 nitrogen and oxygen atoms in total. The molecule has 2 bridgehead atoms. The largest absolute Gasteiger partial charge is 0.477 e. The molecule has 0 aromatic heterocycles. The number of ether oxygens (including phenoxy) is 1. The standard InChI is InChI=1S/C15H24FN3O6/c1-8-5-9-7-18(14(23)19(9)25-11(16)12(20)21)10(8)6-17-13(22)24-15(2,3)4/h5,9-11,14,23H,6-7H2,1-4H3,(H,17,22)(H,20,21)/t9-,10+,11+,14?/m0/s1. The van der Waals surface area contributed by atoms with Gasteiger partial charge in [-0.15, -0.1) is 5.06 Å². The molecule has 2 rings (SSSR count). The third-order valence-electron chi connectivity index (χ3n) is 3.88. The zero-order valence-corrected chi connectivity index (χ0v) is 14.6. The van der Waals surface area contributed by atoms with Gasteiger partial charge in [0.25, 0.3) is 0 Å². The van der Waals surface area contributed by atoms with Gasteiger partial charge in [0, 0.05) is 13.1 Å². The zero-order valence-electron chi connectivity index (χ0n) is 14.6. The van der Waals surface area contributed by atoms with E-state index in [0.29, 0.717) is 6.54 Å². The van der Waals surface area contributed by atoms with E-state index in [1.54, 1.807) is 38.7 Å². The van der Waals surface area contributed by atoms with Crippen molar-refractivity contribution in [2.45, 2.75) is 58.1 Å². The number of rotatable bonds is 5. The summed E-state index contributed by atoms with van der Waals surface area (Å²) < 4.78 is 18.5. The van der Waals surface area contributed by atoms with Crippen LogP contribution in [0, 0.1) is 0 Å². The fourth-order valence-electron chi connectivity index (χ4n) is 2.86. The highest BCUT2D eigenvalue weighted by atomic mass is 19.1. The lowest BCUT2D eigenvalue weighted by Crippen LogP contribution is -2.50. The number of carboxylic acids is 1. The molecule has 0 aromatic rings. The number of carboxylic acid groups (broad SMARTS) is 1. The Balaban J connectivity index is 2.00. The van der Waals surface area contributed by atoms with E-state index in [2.05, 4.69) is 5.32 Å². The highest BCUT2D eigenvalue weighted by Gasteiger charge is 2.47. The van der Waals surface area contributed by atoms with Gasteiger partial charge in [-0.3, -0.25) is 4.90 Å². The Morgan fingerprint density at radius 2 is 2.12 bits per heavy atom.